The topological polar surface area (TPSA) is 37.3 Å². The summed E-state index contributed by atoms with van der Waals surface area (Å²) in [6, 6.07) is 4.47. The predicted octanol–water partition coefficient (Wildman–Crippen LogP) is 3.26. The Hall–Kier alpha value is -1.45. The van der Waals surface area contributed by atoms with Gasteiger partial charge in [0.1, 0.15) is 0 Å². The third-order valence-electron chi connectivity index (χ3n) is 3.98. The number of aromatic nitrogens is 1. The van der Waals surface area contributed by atoms with E-state index in [0.29, 0.717) is 11.8 Å². The third-order valence-corrected chi connectivity index (χ3v) is 3.98. The number of nitrogens with one attached hydrogen (secondary N) is 1. The zero-order valence-electron chi connectivity index (χ0n) is 13.1. The zero-order valence-corrected chi connectivity index (χ0v) is 13.1. The maximum absolute atomic E-state index is 12.4. The Morgan fingerprint density at radius 1 is 1.35 bits per heavy atom. The largest absolute Gasteiger partial charge is 0.348 e. The van der Waals surface area contributed by atoms with Crippen LogP contribution in [0.2, 0.25) is 0 Å². The number of nitrogens with zero attached hydrogens (tertiary/aromatic N) is 2. The van der Waals surface area contributed by atoms with E-state index >= 15 is 0 Å². The molecule has 2 amide bonds. The van der Waals surface area contributed by atoms with E-state index in [1.165, 1.54) is 5.69 Å². The molecule has 0 bridgehead atoms. The minimum Gasteiger partial charge on any atom is -0.348 e. The van der Waals surface area contributed by atoms with Gasteiger partial charge in [0.2, 0.25) is 0 Å². The van der Waals surface area contributed by atoms with Crippen molar-refractivity contribution in [2.45, 2.75) is 46.7 Å². The first-order valence-corrected chi connectivity index (χ1v) is 7.70. The molecule has 1 N–H and O–H groups in total. The first kappa shape index (κ1) is 14.9. The molecule has 4 heteroatoms. The van der Waals surface area contributed by atoms with Crippen LogP contribution in [0.25, 0.3) is 0 Å². The first-order chi connectivity index (χ1) is 9.50. The third kappa shape index (κ3) is 3.17. The van der Waals surface area contributed by atoms with Crippen LogP contribution in [0, 0.1) is 11.8 Å². The predicted molar refractivity (Wildman–Crippen MR) is 81.6 cm³/mol. The van der Waals surface area contributed by atoms with Crippen molar-refractivity contribution >= 4 is 6.03 Å². The molecule has 0 saturated carbocycles. The minimum atomic E-state index is 0.0804. The number of carbonyl (C=O) groups excluding carboxylic acids is 1. The number of amides is 2. The summed E-state index contributed by atoms with van der Waals surface area (Å²) in [6.45, 7) is 11.2. The van der Waals surface area contributed by atoms with Crippen molar-refractivity contribution in [1.82, 2.24) is 14.8 Å². The van der Waals surface area contributed by atoms with Crippen molar-refractivity contribution in [2.75, 3.05) is 13.1 Å². The highest BCUT2D eigenvalue weighted by Crippen LogP contribution is 2.32. The van der Waals surface area contributed by atoms with Crippen molar-refractivity contribution in [3.05, 3.63) is 24.0 Å². The lowest BCUT2D eigenvalue weighted by atomic mass is 9.97. The van der Waals surface area contributed by atoms with E-state index in [1.807, 2.05) is 4.90 Å². The molecule has 1 aliphatic rings. The molecule has 1 aliphatic heterocycles. The number of rotatable bonds is 4. The lowest BCUT2D eigenvalue weighted by Crippen LogP contribution is -2.48. The smallest absolute Gasteiger partial charge is 0.318 e. The van der Waals surface area contributed by atoms with Gasteiger partial charge in [0.15, 0.2) is 0 Å². The van der Waals surface area contributed by atoms with Crippen molar-refractivity contribution in [3.8, 4) is 0 Å². The molecule has 0 aliphatic carbocycles. The van der Waals surface area contributed by atoms with Gasteiger partial charge in [-0.2, -0.15) is 0 Å². The minimum absolute atomic E-state index is 0.0804. The average Bonchev–Trinajstić information content (AvgIpc) is 2.84. The summed E-state index contributed by atoms with van der Waals surface area (Å²) in [5.41, 5.74) is 1.25. The van der Waals surface area contributed by atoms with Gasteiger partial charge >= 0.3 is 6.03 Å². The summed E-state index contributed by atoms with van der Waals surface area (Å²) < 4.78 is 2.27. The second-order valence-electron chi connectivity index (χ2n) is 6.42. The molecule has 112 valence electrons. The lowest BCUT2D eigenvalue weighted by molar-refractivity contribution is 0.133. The van der Waals surface area contributed by atoms with Gasteiger partial charge in [-0.15, -0.1) is 0 Å². The van der Waals surface area contributed by atoms with Gasteiger partial charge in [-0.3, -0.25) is 0 Å². The van der Waals surface area contributed by atoms with E-state index in [9.17, 15) is 4.79 Å². The van der Waals surface area contributed by atoms with Crippen LogP contribution in [0.5, 0.6) is 0 Å². The van der Waals surface area contributed by atoms with Gasteiger partial charge < -0.3 is 14.8 Å². The fraction of sp³-hybridized carbons (Fsp3) is 0.688. The summed E-state index contributed by atoms with van der Waals surface area (Å²) in [6.07, 6.45) is 3.14. The van der Waals surface area contributed by atoms with E-state index in [0.717, 1.165) is 26.1 Å². The summed E-state index contributed by atoms with van der Waals surface area (Å²) >= 11 is 0. The summed E-state index contributed by atoms with van der Waals surface area (Å²) in [5, 5.41) is 3.07. The van der Waals surface area contributed by atoms with Crippen molar-refractivity contribution < 1.29 is 4.79 Å². The number of hydrogen-bond donors (Lipinski definition) is 1. The normalized spacial score (nSPS) is 18.5. The molecule has 0 radical (unpaired) electrons. The molecule has 1 aromatic rings. The highest BCUT2D eigenvalue weighted by atomic mass is 16.2. The van der Waals surface area contributed by atoms with Crippen LogP contribution >= 0.6 is 0 Å². The van der Waals surface area contributed by atoms with E-state index in [2.05, 4.69) is 55.9 Å². The highest BCUT2D eigenvalue weighted by molar-refractivity contribution is 5.74. The molecule has 0 fully saturated rings. The average molecular weight is 277 g/mol. The molecular formula is C16H27N3O. The van der Waals surface area contributed by atoms with Crippen LogP contribution in [0.1, 0.15) is 45.9 Å². The monoisotopic (exact) mass is 277 g/mol. The molecule has 2 heterocycles. The van der Waals surface area contributed by atoms with E-state index in [-0.39, 0.29) is 12.1 Å². The number of urea groups is 1. The fourth-order valence-corrected chi connectivity index (χ4v) is 2.91. The number of carbonyl (C=O) groups is 1. The standard InChI is InChI=1S/C16H27N3O/c1-12(2)7-8-17-16(20)19-11-10-18-9-5-6-14(18)15(19)13(3)4/h5-6,9,12-13,15H,7-8,10-11H2,1-4H3,(H,17,20). The summed E-state index contributed by atoms with van der Waals surface area (Å²) in [4.78, 5) is 14.4. The molecule has 1 aromatic heterocycles. The Morgan fingerprint density at radius 2 is 2.10 bits per heavy atom. The Bertz CT molecular complexity index is 450. The first-order valence-electron chi connectivity index (χ1n) is 7.70. The van der Waals surface area contributed by atoms with Gasteiger partial charge in [-0.05, 0) is 30.4 Å². The van der Waals surface area contributed by atoms with Crippen LogP contribution < -0.4 is 5.32 Å². The molecule has 1 unspecified atom stereocenters. The second-order valence-corrected chi connectivity index (χ2v) is 6.42. The second kappa shape index (κ2) is 6.33. The van der Waals surface area contributed by atoms with Gasteiger partial charge in [-0.1, -0.05) is 27.7 Å². The Labute approximate surface area is 122 Å². The number of fused-ring (bicyclic) bond motifs is 1. The van der Waals surface area contributed by atoms with Crippen LogP contribution in [-0.2, 0) is 6.54 Å². The molecule has 0 saturated heterocycles. The molecule has 1 atom stereocenters. The fourth-order valence-electron chi connectivity index (χ4n) is 2.91. The summed E-state index contributed by atoms with van der Waals surface area (Å²) in [5.74, 6) is 1.04. The Morgan fingerprint density at radius 3 is 2.75 bits per heavy atom. The summed E-state index contributed by atoms with van der Waals surface area (Å²) in [7, 11) is 0. The van der Waals surface area contributed by atoms with Gasteiger partial charge in [0, 0.05) is 31.5 Å². The van der Waals surface area contributed by atoms with Crippen LogP contribution in [0.3, 0.4) is 0 Å². The Kier molecular flexibility index (Phi) is 4.73. The SMILES string of the molecule is CC(C)CCNC(=O)N1CCn2cccc2C1C(C)C. The molecule has 0 aromatic carbocycles. The van der Waals surface area contributed by atoms with Crippen LogP contribution in [0.15, 0.2) is 18.3 Å². The van der Waals surface area contributed by atoms with Crippen molar-refractivity contribution in [2.24, 2.45) is 11.8 Å². The number of hydrogen-bond acceptors (Lipinski definition) is 1. The van der Waals surface area contributed by atoms with Crippen molar-refractivity contribution in [3.63, 3.8) is 0 Å². The lowest BCUT2D eigenvalue weighted by Gasteiger charge is -2.39. The maximum Gasteiger partial charge on any atom is 0.318 e. The molecule has 2 rings (SSSR count). The van der Waals surface area contributed by atoms with Crippen molar-refractivity contribution in [1.29, 1.82) is 0 Å². The maximum atomic E-state index is 12.4. The van der Waals surface area contributed by atoms with E-state index in [1.54, 1.807) is 0 Å². The molecular weight excluding hydrogens is 250 g/mol. The van der Waals surface area contributed by atoms with Crippen LogP contribution in [-0.4, -0.2) is 28.6 Å². The van der Waals surface area contributed by atoms with Crippen LogP contribution in [0.4, 0.5) is 4.79 Å². The zero-order chi connectivity index (χ0) is 14.7. The highest BCUT2D eigenvalue weighted by Gasteiger charge is 2.32. The van der Waals surface area contributed by atoms with Gasteiger partial charge in [0.05, 0.1) is 6.04 Å². The van der Waals surface area contributed by atoms with E-state index in [4.69, 9.17) is 0 Å². The molecule has 4 nitrogen and oxygen atoms in total. The van der Waals surface area contributed by atoms with E-state index < -0.39 is 0 Å². The molecule has 20 heavy (non-hydrogen) atoms. The van der Waals surface area contributed by atoms with Gasteiger partial charge in [-0.25, -0.2) is 4.79 Å². The molecule has 0 spiro atoms. The Balaban J connectivity index is 2.05. The van der Waals surface area contributed by atoms with Gasteiger partial charge in [0.25, 0.3) is 0 Å². The quantitative estimate of drug-likeness (QED) is 0.901.